The van der Waals surface area contributed by atoms with Crippen molar-refractivity contribution in [1.82, 2.24) is 10.2 Å². The molecule has 1 atom stereocenters. The number of carbonyl (C=O) groups is 2. The van der Waals surface area contributed by atoms with Crippen molar-refractivity contribution in [3.63, 3.8) is 0 Å². The van der Waals surface area contributed by atoms with Crippen LogP contribution in [0.5, 0.6) is 5.75 Å². The van der Waals surface area contributed by atoms with Crippen molar-refractivity contribution in [3.05, 3.63) is 95.8 Å². The Balaban J connectivity index is 2.00. The second kappa shape index (κ2) is 13.7. The van der Waals surface area contributed by atoms with E-state index in [1.807, 2.05) is 37.3 Å². The standard InChI is InChI=1S/C29H34FN3O5S/c1-4-31-29(35)27(19-22-9-7-6-8-10-22)32(20-23-11-13-24(30)14-12-23)28(34)21-33(39(3,36)37)25-15-17-26(18-16-25)38-5-2/h6-18,27H,4-5,19-21H2,1-3H3,(H,31,35)/t27-/m1/s1. The number of rotatable bonds is 13. The first-order valence-electron chi connectivity index (χ1n) is 12.7. The molecule has 0 fully saturated rings. The molecule has 1 N–H and O–H groups in total. The number of benzene rings is 3. The van der Waals surface area contributed by atoms with Gasteiger partial charge in [-0.1, -0.05) is 42.5 Å². The van der Waals surface area contributed by atoms with Crippen LogP contribution in [0.4, 0.5) is 10.1 Å². The Kier molecular flexibility index (Phi) is 10.4. The maximum absolute atomic E-state index is 13.9. The van der Waals surface area contributed by atoms with Crippen LogP contribution in [0.2, 0.25) is 0 Å². The molecule has 0 aliphatic rings. The predicted molar refractivity (Wildman–Crippen MR) is 149 cm³/mol. The number of amides is 2. The molecule has 2 amide bonds. The Hall–Kier alpha value is -3.92. The number of sulfonamides is 1. The summed E-state index contributed by atoms with van der Waals surface area (Å²) in [6.07, 6.45) is 1.23. The molecule has 208 valence electrons. The number of ether oxygens (including phenoxy) is 1. The average Bonchev–Trinajstić information content (AvgIpc) is 2.91. The van der Waals surface area contributed by atoms with E-state index < -0.39 is 34.3 Å². The largest absolute Gasteiger partial charge is 0.494 e. The van der Waals surface area contributed by atoms with E-state index in [4.69, 9.17) is 4.74 Å². The highest BCUT2D eigenvalue weighted by Crippen LogP contribution is 2.23. The van der Waals surface area contributed by atoms with Gasteiger partial charge in [-0.3, -0.25) is 13.9 Å². The molecule has 3 aromatic rings. The molecule has 0 radical (unpaired) electrons. The van der Waals surface area contributed by atoms with Gasteiger partial charge < -0.3 is 15.0 Å². The highest BCUT2D eigenvalue weighted by atomic mass is 32.2. The monoisotopic (exact) mass is 555 g/mol. The molecule has 10 heteroatoms. The van der Waals surface area contributed by atoms with Crippen molar-refractivity contribution in [3.8, 4) is 5.75 Å². The van der Waals surface area contributed by atoms with Gasteiger partial charge in [-0.25, -0.2) is 12.8 Å². The number of hydrogen-bond donors (Lipinski definition) is 1. The molecule has 0 aliphatic carbocycles. The molecule has 0 aromatic heterocycles. The Bertz CT molecular complexity index is 1330. The SMILES string of the molecule is CCNC(=O)[C@@H](Cc1ccccc1)N(Cc1ccc(F)cc1)C(=O)CN(c1ccc(OCC)cc1)S(C)(=O)=O. The minimum atomic E-state index is -3.87. The number of halogens is 1. The van der Waals surface area contributed by atoms with Gasteiger partial charge in [0.15, 0.2) is 0 Å². The molecule has 3 rings (SSSR count). The van der Waals surface area contributed by atoms with E-state index in [-0.39, 0.29) is 24.6 Å². The Morgan fingerprint density at radius 2 is 1.56 bits per heavy atom. The van der Waals surface area contributed by atoms with E-state index in [1.165, 1.54) is 29.2 Å². The lowest BCUT2D eigenvalue weighted by Gasteiger charge is -2.33. The van der Waals surface area contributed by atoms with Gasteiger partial charge in [0, 0.05) is 19.5 Å². The molecule has 0 saturated carbocycles. The number of carbonyl (C=O) groups excluding carboxylic acids is 2. The van der Waals surface area contributed by atoms with Gasteiger partial charge in [-0.15, -0.1) is 0 Å². The zero-order valence-electron chi connectivity index (χ0n) is 22.3. The van der Waals surface area contributed by atoms with Crippen LogP contribution < -0.4 is 14.4 Å². The molecule has 3 aromatic carbocycles. The summed E-state index contributed by atoms with van der Waals surface area (Å²) in [5.74, 6) is -0.812. The van der Waals surface area contributed by atoms with Crippen LogP contribution in [-0.2, 0) is 32.6 Å². The van der Waals surface area contributed by atoms with Gasteiger partial charge in [0.05, 0.1) is 18.6 Å². The Morgan fingerprint density at radius 3 is 2.13 bits per heavy atom. The summed E-state index contributed by atoms with van der Waals surface area (Å²) in [4.78, 5) is 28.5. The summed E-state index contributed by atoms with van der Waals surface area (Å²) in [7, 11) is -3.87. The van der Waals surface area contributed by atoms with Gasteiger partial charge in [0.25, 0.3) is 0 Å². The van der Waals surface area contributed by atoms with Crippen LogP contribution in [0.15, 0.2) is 78.9 Å². The maximum atomic E-state index is 13.9. The highest BCUT2D eigenvalue weighted by Gasteiger charge is 2.32. The van der Waals surface area contributed by atoms with E-state index in [2.05, 4.69) is 5.32 Å². The first-order valence-corrected chi connectivity index (χ1v) is 14.5. The molecule has 8 nitrogen and oxygen atoms in total. The molecule has 0 bridgehead atoms. The number of anilines is 1. The molecular formula is C29H34FN3O5S. The van der Waals surface area contributed by atoms with E-state index in [0.29, 0.717) is 24.5 Å². The zero-order chi connectivity index (χ0) is 28.4. The fraction of sp³-hybridized carbons (Fsp3) is 0.310. The molecule has 0 aliphatic heterocycles. The molecule has 0 spiro atoms. The number of hydrogen-bond acceptors (Lipinski definition) is 5. The second-order valence-electron chi connectivity index (χ2n) is 8.94. The molecular weight excluding hydrogens is 521 g/mol. The van der Waals surface area contributed by atoms with Crippen LogP contribution in [0, 0.1) is 5.82 Å². The maximum Gasteiger partial charge on any atom is 0.244 e. The Morgan fingerprint density at radius 1 is 0.923 bits per heavy atom. The van der Waals surface area contributed by atoms with Gasteiger partial charge in [-0.05, 0) is 61.4 Å². The minimum absolute atomic E-state index is 0.0192. The number of likely N-dealkylation sites (N-methyl/N-ethyl adjacent to an activating group) is 1. The molecule has 0 heterocycles. The molecule has 0 unspecified atom stereocenters. The first-order chi connectivity index (χ1) is 18.6. The van der Waals surface area contributed by atoms with Crippen LogP contribution >= 0.6 is 0 Å². The number of nitrogens with zero attached hydrogens (tertiary/aromatic N) is 2. The quantitative estimate of drug-likeness (QED) is 0.347. The van der Waals surface area contributed by atoms with Gasteiger partial charge >= 0.3 is 0 Å². The van der Waals surface area contributed by atoms with Gasteiger partial charge in [0.2, 0.25) is 21.8 Å². The zero-order valence-corrected chi connectivity index (χ0v) is 23.2. The average molecular weight is 556 g/mol. The van der Waals surface area contributed by atoms with Crippen molar-refractivity contribution in [1.29, 1.82) is 0 Å². The van der Waals surface area contributed by atoms with Crippen LogP contribution in [0.1, 0.15) is 25.0 Å². The summed E-state index contributed by atoms with van der Waals surface area (Å²) in [5.41, 5.74) is 1.71. The van der Waals surface area contributed by atoms with Crippen LogP contribution in [-0.4, -0.2) is 57.1 Å². The minimum Gasteiger partial charge on any atom is -0.494 e. The first kappa shape index (κ1) is 29.6. The summed E-state index contributed by atoms with van der Waals surface area (Å²) in [5, 5.41) is 2.79. The van der Waals surface area contributed by atoms with E-state index >= 15 is 0 Å². The Labute approximate surface area is 229 Å². The van der Waals surface area contributed by atoms with Crippen LogP contribution in [0.25, 0.3) is 0 Å². The van der Waals surface area contributed by atoms with Crippen molar-refractivity contribution >= 4 is 27.5 Å². The lowest BCUT2D eigenvalue weighted by molar-refractivity contribution is -0.140. The second-order valence-corrected chi connectivity index (χ2v) is 10.9. The normalized spacial score (nSPS) is 11.9. The third kappa shape index (κ3) is 8.54. The fourth-order valence-corrected chi connectivity index (χ4v) is 4.97. The highest BCUT2D eigenvalue weighted by molar-refractivity contribution is 7.92. The predicted octanol–water partition coefficient (Wildman–Crippen LogP) is 3.77. The number of nitrogens with one attached hydrogen (secondary N) is 1. The third-order valence-electron chi connectivity index (χ3n) is 6.00. The van der Waals surface area contributed by atoms with Crippen molar-refractivity contribution in [2.75, 3.05) is 30.3 Å². The summed E-state index contributed by atoms with van der Waals surface area (Å²) in [6.45, 7) is 3.87. The van der Waals surface area contributed by atoms with Gasteiger partial charge in [-0.2, -0.15) is 0 Å². The lowest BCUT2D eigenvalue weighted by atomic mass is 10.0. The van der Waals surface area contributed by atoms with E-state index in [0.717, 1.165) is 16.1 Å². The van der Waals surface area contributed by atoms with Crippen molar-refractivity contribution in [2.24, 2.45) is 0 Å². The topological polar surface area (TPSA) is 96.0 Å². The summed E-state index contributed by atoms with van der Waals surface area (Å²) >= 11 is 0. The van der Waals surface area contributed by atoms with Crippen molar-refractivity contribution < 1.29 is 27.1 Å². The van der Waals surface area contributed by atoms with E-state index in [9.17, 15) is 22.4 Å². The fourth-order valence-electron chi connectivity index (χ4n) is 4.12. The summed E-state index contributed by atoms with van der Waals surface area (Å²) < 4.78 is 45.6. The molecule has 0 saturated heterocycles. The molecule has 39 heavy (non-hydrogen) atoms. The third-order valence-corrected chi connectivity index (χ3v) is 7.14. The van der Waals surface area contributed by atoms with Crippen molar-refractivity contribution in [2.45, 2.75) is 32.9 Å². The lowest BCUT2D eigenvalue weighted by Crippen LogP contribution is -2.53. The van der Waals surface area contributed by atoms with Crippen LogP contribution in [0.3, 0.4) is 0 Å². The van der Waals surface area contributed by atoms with Gasteiger partial charge in [0.1, 0.15) is 24.2 Å². The van der Waals surface area contributed by atoms with E-state index in [1.54, 1.807) is 31.2 Å². The summed E-state index contributed by atoms with van der Waals surface area (Å²) in [6, 6.07) is 20.3. The smallest absolute Gasteiger partial charge is 0.244 e.